The van der Waals surface area contributed by atoms with Crippen molar-refractivity contribution >= 4 is 44.6 Å². The van der Waals surface area contributed by atoms with E-state index in [0.717, 1.165) is 37.2 Å². The summed E-state index contributed by atoms with van der Waals surface area (Å²) in [6.45, 7) is 10.8. The molecule has 11 heteroatoms. The summed E-state index contributed by atoms with van der Waals surface area (Å²) in [5.74, 6) is 1.67. The van der Waals surface area contributed by atoms with E-state index < -0.39 is 21.7 Å². The van der Waals surface area contributed by atoms with Crippen molar-refractivity contribution in [3.05, 3.63) is 58.2 Å². The zero-order chi connectivity index (χ0) is 29.0. The fourth-order valence-electron chi connectivity index (χ4n) is 4.87. The molecule has 216 valence electrons. The van der Waals surface area contributed by atoms with E-state index in [2.05, 4.69) is 45.0 Å². The number of aliphatic hydroxyl groups excluding tert-OH is 1. The number of nitrogens with one attached hydrogen (secondary N) is 3. The van der Waals surface area contributed by atoms with Gasteiger partial charge in [-0.2, -0.15) is 4.98 Å². The van der Waals surface area contributed by atoms with Crippen molar-refractivity contribution in [1.82, 2.24) is 15.3 Å². The zero-order valence-electron chi connectivity index (χ0n) is 23.6. The van der Waals surface area contributed by atoms with Gasteiger partial charge in [-0.25, -0.2) is 13.4 Å². The molecule has 4 rings (SSSR count). The minimum absolute atomic E-state index is 0.0217. The molecule has 0 amide bonds. The quantitative estimate of drug-likeness (QED) is 0.231. The highest BCUT2D eigenvalue weighted by Gasteiger charge is 2.27. The molecule has 1 saturated heterocycles. The van der Waals surface area contributed by atoms with Crippen molar-refractivity contribution in [3.63, 3.8) is 0 Å². The number of ether oxygens (including phenoxy) is 1. The van der Waals surface area contributed by atoms with Gasteiger partial charge in [-0.05, 0) is 101 Å². The second-order valence-corrected chi connectivity index (χ2v) is 13.4. The van der Waals surface area contributed by atoms with Crippen molar-refractivity contribution < 1.29 is 18.3 Å². The van der Waals surface area contributed by atoms with Crippen LogP contribution in [-0.4, -0.2) is 47.9 Å². The fourth-order valence-corrected chi connectivity index (χ4v) is 6.40. The van der Waals surface area contributed by atoms with Crippen LogP contribution in [-0.2, 0) is 16.4 Å². The predicted molar refractivity (Wildman–Crippen MR) is 160 cm³/mol. The van der Waals surface area contributed by atoms with Crippen LogP contribution in [0.3, 0.4) is 0 Å². The number of benzene rings is 2. The largest absolute Gasteiger partial charge is 0.489 e. The zero-order valence-corrected chi connectivity index (χ0v) is 25.2. The molecule has 40 heavy (non-hydrogen) atoms. The highest BCUT2D eigenvalue weighted by atomic mass is 35.5. The van der Waals surface area contributed by atoms with Crippen molar-refractivity contribution in [3.8, 4) is 5.75 Å². The molecule has 0 spiro atoms. The van der Waals surface area contributed by atoms with Crippen LogP contribution in [0.25, 0.3) is 0 Å². The first-order valence-corrected chi connectivity index (χ1v) is 15.5. The minimum atomic E-state index is -3.72. The molecule has 9 nitrogen and oxygen atoms in total. The first kappa shape index (κ1) is 30.0. The van der Waals surface area contributed by atoms with E-state index in [9.17, 15) is 13.5 Å². The van der Waals surface area contributed by atoms with Crippen LogP contribution in [0.15, 0.2) is 41.4 Å². The summed E-state index contributed by atoms with van der Waals surface area (Å²) in [5.41, 5.74) is 3.73. The van der Waals surface area contributed by atoms with Crippen molar-refractivity contribution in [2.75, 3.05) is 23.7 Å². The first-order chi connectivity index (χ1) is 19.0. The lowest BCUT2D eigenvalue weighted by Crippen LogP contribution is -2.27. The Kier molecular flexibility index (Phi) is 9.56. The number of nitrogens with zero attached hydrogens (tertiary/aromatic N) is 2. The van der Waals surface area contributed by atoms with E-state index in [0.29, 0.717) is 17.2 Å². The molecule has 2 heterocycles. The van der Waals surface area contributed by atoms with Gasteiger partial charge in [0, 0.05) is 0 Å². The standard InChI is InChI=1S/C29H38ClN5O4S/c1-17(2)39-26-14-22(20-9-11-31-12-10-20)19(5)13-25(26)34-29-32-15-23(30)28(35-29)33-24-8-6-7-21(16-36)27(24)40(37,38)18(3)4/h6-8,13-15,17-18,20,31,36H,9-12,16H2,1-5H3,(H2,32,33,34,35). The summed E-state index contributed by atoms with van der Waals surface area (Å²) in [6.07, 6.45) is 3.57. The summed E-state index contributed by atoms with van der Waals surface area (Å²) in [6, 6.07) is 9.05. The lowest BCUT2D eigenvalue weighted by atomic mass is 9.87. The second-order valence-electron chi connectivity index (χ2n) is 10.6. The Hall–Kier alpha value is -2.92. The third kappa shape index (κ3) is 6.68. The number of aliphatic hydroxyl groups is 1. The third-order valence-corrected chi connectivity index (χ3v) is 9.49. The maximum atomic E-state index is 13.2. The normalized spacial score (nSPS) is 14.5. The molecule has 1 aliphatic rings. The summed E-state index contributed by atoms with van der Waals surface area (Å²) in [5, 5.41) is 19.1. The van der Waals surface area contributed by atoms with E-state index in [1.807, 2.05) is 13.8 Å². The van der Waals surface area contributed by atoms with Gasteiger partial charge in [-0.1, -0.05) is 23.7 Å². The molecule has 1 aromatic heterocycles. The monoisotopic (exact) mass is 587 g/mol. The van der Waals surface area contributed by atoms with Crippen LogP contribution in [0.4, 0.5) is 23.1 Å². The van der Waals surface area contributed by atoms with Gasteiger partial charge >= 0.3 is 0 Å². The van der Waals surface area contributed by atoms with Gasteiger partial charge in [0.25, 0.3) is 0 Å². The van der Waals surface area contributed by atoms with Gasteiger partial charge in [0.1, 0.15) is 10.8 Å². The molecule has 0 aliphatic carbocycles. The van der Waals surface area contributed by atoms with Crippen LogP contribution in [0, 0.1) is 6.92 Å². The molecule has 1 aliphatic heterocycles. The molecule has 3 aromatic rings. The van der Waals surface area contributed by atoms with E-state index in [4.69, 9.17) is 16.3 Å². The van der Waals surface area contributed by atoms with E-state index in [-0.39, 0.29) is 33.5 Å². The smallest absolute Gasteiger partial charge is 0.229 e. The maximum absolute atomic E-state index is 13.2. The lowest BCUT2D eigenvalue weighted by Gasteiger charge is -2.26. The Morgan fingerprint density at radius 1 is 1.12 bits per heavy atom. The number of hydrogen-bond donors (Lipinski definition) is 4. The summed E-state index contributed by atoms with van der Waals surface area (Å²) in [7, 11) is -3.72. The number of hydrogen-bond acceptors (Lipinski definition) is 9. The molecule has 0 bridgehead atoms. The van der Waals surface area contributed by atoms with E-state index in [1.165, 1.54) is 11.8 Å². The Labute approximate surface area is 241 Å². The molecular formula is C29H38ClN5O4S. The molecular weight excluding hydrogens is 550 g/mol. The van der Waals surface area contributed by atoms with Crippen LogP contribution >= 0.6 is 11.6 Å². The summed E-state index contributed by atoms with van der Waals surface area (Å²) >= 11 is 6.44. The van der Waals surface area contributed by atoms with Crippen molar-refractivity contribution in [2.24, 2.45) is 0 Å². The SMILES string of the molecule is Cc1cc(Nc2ncc(Cl)c(Nc3cccc(CO)c3S(=O)(=O)C(C)C)n2)c(OC(C)C)cc1C1CCNCC1. The minimum Gasteiger partial charge on any atom is -0.489 e. The summed E-state index contributed by atoms with van der Waals surface area (Å²) < 4.78 is 32.5. The van der Waals surface area contributed by atoms with Crippen LogP contribution < -0.4 is 20.7 Å². The Morgan fingerprint density at radius 2 is 1.85 bits per heavy atom. The average molecular weight is 588 g/mol. The van der Waals surface area contributed by atoms with Gasteiger partial charge in [-0.15, -0.1) is 0 Å². The predicted octanol–water partition coefficient (Wildman–Crippen LogP) is 5.85. The summed E-state index contributed by atoms with van der Waals surface area (Å²) in [4.78, 5) is 8.94. The molecule has 0 atom stereocenters. The molecule has 0 radical (unpaired) electrons. The number of sulfone groups is 1. The van der Waals surface area contributed by atoms with Gasteiger partial charge in [0.2, 0.25) is 5.95 Å². The van der Waals surface area contributed by atoms with Gasteiger partial charge in [0.15, 0.2) is 15.7 Å². The topological polar surface area (TPSA) is 125 Å². The van der Waals surface area contributed by atoms with E-state index in [1.54, 1.807) is 32.0 Å². The Morgan fingerprint density at radius 3 is 2.50 bits per heavy atom. The number of aryl methyl sites for hydroxylation is 1. The van der Waals surface area contributed by atoms with Gasteiger partial charge in [-0.3, -0.25) is 0 Å². The van der Waals surface area contributed by atoms with Gasteiger partial charge in [0.05, 0.1) is 40.4 Å². The Balaban J connectivity index is 1.69. The number of aromatic nitrogens is 2. The second kappa shape index (κ2) is 12.7. The molecule has 0 unspecified atom stereocenters. The third-order valence-electron chi connectivity index (χ3n) is 6.93. The van der Waals surface area contributed by atoms with Crippen LogP contribution in [0.5, 0.6) is 5.75 Å². The first-order valence-electron chi connectivity index (χ1n) is 13.6. The number of rotatable bonds is 10. The number of piperidine rings is 1. The number of halogens is 1. The van der Waals surface area contributed by atoms with E-state index >= 15 is 0 Å². The average Bonchev–Trinajstić information content (AvgIpc) is 2.91. The lowest BCUT2D eigenvalue weighted by molar-refractivity contribution is 0.243. The number of anilines is 4. The highest BCUT2D eigenvalue weighted by molar-refractivity contribution is 7.92. The van der Waals surface area contributed by atoms with Crippen molar-refractivity contribution in [1.29, 1.82) is 0 Å². The molecule has 2 aromatic carbocycles. The molecule has 1 fully saturated rings. The maximum Gasteiger partial charge on any atom is 0.229 e. The fraction of sp³-hybridized carbons (Fsp3) is 0.448. The molecule has 0 saturated carbocycles. The highest BCUT2D eigenvalue weighted by Crippen LogP contribution is 2.38. The van der Waals surface area contributed by atoms with Crippen molar-refractivity contribution in [2.45, 2.75) is 76.2 Å². The van der Waals surface area contributed by atoms with Gasteiger partial charge < -0.3 is 25.8 Å². The molecule has 4 N–H and O–H groups in total. The Bertz CT molecular complexity index is 1460. The van der Waals surface area contributed by atoms with Crippen LogP contribution in [0.1, 0.15) is 63.1 Å². The van der Waals surface area contributed by atoms with Crippen LogP contribution in [0.2, 0.25) is 5.02 Å².